The van der Waals surface area contributed by atoms with Crippen LogP contribution in [0.15, 0.2) is 42.5 Å². The summed E-state index contributed by atoms with van der Waals surface area (Å²) in [4.78, 5) is 19.7. The molecule has 0 atom stereocenters. The fourth-order valence-electron chi connectivity index (χ4n) is 4.09. The van der Waals surface area contributed by atoms with Crippen LogP contribution < -0.4 is 11.1 Å². The van der Waals surface area contributed by atoms with Crippen molar-refractivity contribution in [2.45, 2.75) is 45.3 Å². The van der Waals surface area contributed by atoms with Gasteiger partial charge in [-0.2, -0.15) is 0 Å². The number of imidazole rings is 1. The zero-order valence-corrected chi connectivity index (χ0v) is 19.7. The van der Waals surface area contributed by atoms with Crippen molar-refractivity contribution < 1.29 is 13.6 Å². The Kier molecular flexibility index (Phi) is 5.70. The highest BCUT2D eigenvalue weighted by atomic mass is 35.5. The molecule has 4 rings (SSSR count). The Bertz CT molecular complexity index is 1210. The van der Waals surface area contributed by atoms with Gasteiger partial charge >= 0.3 is 0 Å². The lowest BCUT2D eigenvalue weighted by Crippen LogP contribution is -2.60. The lowest BCUT2D eigenvalue weighted by Gasteiger charge is -2.44. The molecule has 0 radical (unpaired) electrons. The van der Waals surface area contributed by atoms with Gasteiger partial charge in [0.2, 0.25) is 5.91 Å². The summed E-state index contributed by atoms with van der Waals surface area (Å²) in [5, 5.41) is 3.29. The SMILES string of the molecule is CC(C)(N)C(=O)N1CCn2c(nc(-c3ccc(F)cc3)c2Nc2ccc(F)c(Cl)c2)C1(C)C. The van der Waals surface area contributed by atoms with Crippen molar-refractivity contribution in [2.75, 3.05) is 11.9 Å². The molecule has 2 heterocycles. The van der Waals surface area contributed by atoms with Gasteiger partial charge in [0.1, 0.15) is 29.0 Å². The molecule has 9 heteroatoms. The maximum atomic E-state index is 13.7. The average Bonchev–Trinajstić information content (AvgIpc) is 3.10. The third-order valence-electron chi connectivity index (χ3n) is 5.83. The van der Waals surface area contributed by atoms with Gasteiger partial charge in [-0.1, -0.05) is 11.6 Å². The lowest BCUT2D eigenvalue weighted by molar-refractivity contribution is -0.143. The molecule has 0 saturated heterocycles. The third kappa shape index (κ3) is 4.20. The molecule has 6 nitrogen and oxygen atoms in total. The number of anilines is 2. The number of carbonyl (C=O) groups is 1. The molecule has 174 valence electrons. The van der Waals surface area contributed by atoms with Crippen LogP contribution in [0.4, 0.5) is 20.3 Å². The number of hydrogen-bond donors (Lipinski definition) is 2. The maximum Gasteiger partial charge on any atom is 0.242 e. The molecule has 0 fully saturated rings. The van der Waals surface area contributed by atoms with Gasteiger partial charge in [-0.3, -0.25) is 4.79 Å². The maximum absolute atomic E-state index is 13.7. The van der Waals surface area contributed by atoms with E-state index in [0.717, 1.165) is 0 Å². The second-order valence-corrected chi connectivity index (χ2v) is 9.69. The van der Waals surface area contributed by atoms with E-state index >= 15 is 0 Å². The Morgan fingerprint density at radius 2 is 1.82 bits per heavy atom. The van der Waals surface area contributed by atoms with Crippen LogP contribution in [0.25, 0.3) is 11.3 Å². The van der Waals surface area contributed by atoms with Gasteiger partial charge < -0.3 is 20.5 Å². The fraction of sp³-hybridized carbons (Fsp3) is 0.333. The first-order chi connectivity index (χ1) is 15.4. The summed E-state index contributed by atoms with van der Waals surface area (Å²) in [6.45, 7) is 8.09. The summed E-state index contributed by atoms with van der Waals surface area (Å²) in [6, 6.07) is 10.4. The van der Waals surface area contributed by atoms with Crippen molar-refractivity contribution in [3.8, 4) is 11.3 Å². The molecule has 0 unspecified atom stereocenters. The number of benzene rings is 2. The smallest absolute Gasteiger partial charge is 0.242 e. The van der Waals surface area contributed by atoms with Crippen molar-refractivity contribution in [1.29, 1.82) is 0 Å². The van der Waals surface area contributed by atoms with E-state index in [2.05, 4.69) is 5.32 Å². The summed E-state index contributed by atoms with van der Waals surface area (Å²) in [5.74, 6) is 0.249. The largest absolute Gasteiger partial charge is 0.340 e. The first-order valence-corrected chi connectivity index (χ1v) is 11.0. The van der Waals surface area contributed by atoms with Crippen molar-refractivity contribution in [2.24, 2.45) is 5.73 Å². The van der Waals surface area contributed by atoms with E-state index in [-0.39, 0.29) is 16.7 Å². The number of aromatic nitrogens is 2. The standard InChI is InChI=1S/C24H26ClF2N5O/c1-23(2,28)22(33)32-12-11-31-20(29-16-9-10-18(27)17(25)13-16)19(30-21(31)24(32,3)4)14-5-7-15(26)8-6-14/h5-10,13,29H,11-12,28H2,1-4H3. The number of nitrogens with one attached hydrogen (secondary N) is 1. The van der Waals surface area contributed by atoms with Crippen LogP contribution in [-0.4, -0.2) is 32.4 Å². The number of nitrogens with zero attached hydrogens (tertiary/aromatic N) is 3. The molecule has 0 saturated carbocycles. The zero-order valence-electron chi connectivity index (χ0n) is 18.9. The van der Waals surface area contributed by atoms with E-state index < -0.39 is 16.9 Å². The Morgan fingerprint density at radius 1 is 1.15 bits per heavy atom. The summed E-state index contributed by atoms with van der Waals surface area (Å²) in [6.07, 6.45) is 0. The van der Waals surface area contributed by atoms with Gasteiger partial charge in [-0.25, -0.2) is 13.8 Å². The van der Waals surface area contributed by atoms with Crippen LogP contribution in [0.5, 0.6) is 0 Å². The second kappa shape index (κ2) is 8.11. The number of nitrogens with two attached hydrogens (primary N) is 1. The number of amides is 1. The molecule has 0 aliphatic carbocycles. The first kappa shape index (κ1) is 23.2. The Labute approximate surface area is 196 Å². The summed E-state index contributed by atoms with van der Waals surface area (Å²) < 4.78 is 29.3. The van der Waals surface area contributed by atoms with Gasteiger partial charge in [0.15, 0.2) is 0 Å². The van der Waals surface area contributed by atoms with Crippen LogP contribution in [0.1, 0.15) is 33.5 Å². The minimum absolute atomic E-state index is 0.0102. The number of hydrogen-bond acceptors (Lipinski definition) is 4. The average molecular weight is 474 g/mol. The lowest BCUT2D eigenvalue weighted by atomic mass is 9.94. The minimum Gasteiger partial charge on any atom is -0.340 e. The predicted molar refractivity (Wildman–Crippen MR) is 125 cm³/mol. The first-order valence-electron chi connectivity index (χ1n) is 10.6. The number of carbonyl (C=O) groups excluding carboxylic acids is 1. The van der Waals surface area contributed by atoms with Gasteiger partial charge in [-0.05, 0) is 70.2 Å². The molecule has 33 heavy (non-hydrogen) atoms. The van der Waals surface area contributed by atoms with Crippen LogP contribution in [0.3, 0.4) is 0 Å². The van der Waals surface area contributed by atoms with Gasteiger partial charge in [0, 0.05) is 24.3 Å². The van der Waals surface area contributed by atoms with E-state index in [9.17, 15) is 13.6 Å². The molecule has 3 N–H and O–H groups in total. The van der Waals surface area contributed by atoms with Crippen molar-refractivity contribution in [3.05, 3.63) is 64.9 Å². The van der Waals surface area contributed by atoms with Crippen LogP contribution in [-0.2, 0) is 16.9 Å². The number of fused-ring (bicyclic) bond motifs is 1. The molecule has 2 aromatic carbocycles. The van der Waals surface area contributed by atoms with E-state index in [1.165, 1.54) is 24.3 Å². The Hall–Kier alpha value is -2.97. The second-order valence-electron chi connectivity index (χ2n) is 9.28. The minimum atomic E-state index is -1.03. The quantitative estimate of drug-likeness (QED) is 0.556. The van der Waals surface area contributed by atoms with Gasteiger partial charge in [0.05, 0.1) is 16.1 Å². The summed E-state index contributed by atoms with van der Waals surface area (Å²) in [5.41, 5.74) is 6.17. The number of rotatable bonds is 4. The van der Waals surface area contributed by atoms with Gasteiger partial charge in [0.25, 0.3) is 0 Å². The van der Waals surface area contributed by atoms with E-state index in [1.54, 1.807) is 36.9 Å². The Morgan fingerprint density at radius 3 is 2.42 bits per heavy atom. The van der Waals surface area contributed by atoms with E-state index in [1.807, 2.05) is 18.4 Å². The molecule has 3 aromatic rings. The highest BCUT2D eigenvalue weighted by Crippen LogP contribution is 2.40. The van der Waals surface area contributed by atoms with Crippen LogP contribution >= 0.6 is 11.6 Å². The van der Waals surface area contributed by atoms with Crippen molar-refractivity contribution in [1.82, 2.24) is 14.5 Å². The van der Waals surface area contributed by atoms with Crippen LogP contribution in [0.2, 0.25) is 5.02 Å². The highest BCUT2D eigenvalue weighted by Gasteiger charge is 2.44. The topological polar surface area (TPSA) is 76.2 Å². The molecule has 1 aromatic heterocycles. The predicted octanol–water partition coefficient (Wildman–Crippen LogP) is 5.04. The van der Waals surface area contributed by atoms with Crippen LogP contribution in [0, 0.1) is 11.6 Å². The molecular formula is C24H26ClF2N5O. The molecule has 1 aliphatic heterocycles. The third-order valence-corrected chi connectivity index (χ3v) is 6.12. The number of halogens is 3. The zero-order chi connectivity index (χ0) is 24.1. The normalized spacial score (nSPS) is 15.3. The fourth-order valence-corrected chi connectivity index (χ4v) is 4.27. The summed E-state index contributed by atoms with van der Waals surface area (Å²) in [7, 11) is 0. The van der Waals surface area contributed by atoms with Crippen molar-refractivity contribution >= 4 is 29.0 Å². The van der Waals surface area contributed by atoms with Crippen molar-refractivity contribution in [3.63, 3.8) is 0 Å². The summed E-state index contributed by atoms with van der Waals surface area (Å²) >= 11 is 5.98. The van der Waals surface area contributed by atoms with Gasteiger partial charge in [-0.15, -0.1) is 0 Å². The highest BCUT2D eigenvalue weighted by molar-refractivity contribution is 6.31. The monoisotopic (exact) mass is 473 g/mol. The van der Waals surface area contributed by atoms with E-state index in [4.69, 9.17) is 22.3 Å². The molecule has 0 bridgehead atoms. The molecule has 1 amide bonds. The Balaban J connectivity index is 1.86. The van der Waals surface area contributed by atoms with E-state index in [0.29, 0.717) is 41.7 Å². The molecule has 0 spiro atoms. The molecule has 1 aliphatic rings. The molecular weight excluding hydrogens is 448 g/mol.